The fourth-order valence-electron chi connectivity index (χ4n) is 1.98. The number of nitriles is 1. The van der Waals surface area contributed by atoms with Crippen molar-refractivity contribution < 1.29 is 9.53 Å². The van der Waals surface area contributed by atoms with Crippen LogP contribution in [0.3, 0.4) is 0 Å². The van der Waals surface area contributed by atoms with Gasteiger partial charge in [-0.25, -0.2) is 4.98 Å². The fourth-order valence-corrected chi connectivity index (χ4v) is 2.99. The number of carbonyl (C=O) groups is 1. The summed E-state index contributed by atoms with van der Waals surface area (Å²) in [4.78, 5) is 15.9. The van der Waals surface area contributed by atoms with E-state index in [1.165, 1.54) is 18.7 Å². The number of carbonyl (C=O) groups excluding carboxylic acids is 1. The lowest BCUT2D eigenvalue weighted by molar-refractivity contribution is 0.101. The molecule has 0 radical (unpaired) electrons. The second-order valence-corrected chi connectivity index (χ2v) is 6.26. The van der Waals surface area contributed by atoms with Gasteiger partial charge in [-0.05, 0) is 32.0 Å². The van der Waals surface area contributed by atoms with Crippen molar-refractivity contribution in [3.63, 3.8) is 0 Å². The molecule has 2 aromatic rings. The predicted molar refractivity (Wildman–Crippen MR) is 91.4 cm³/mol. The Morgan fingerprint density at radius 1 is 1.43 bits per heavy atom. The maximum Gasteiger partial charge on any atom is 0.161 e. The number of pyridine rings is 1. The van der Waals surface area contributed by atoms with Crippen LogP contribution in [0.5, 0.6) is 5.75 Å². The van der Waals surface area contributed by atoms with Crippen molar-refractivity contribution in [1.82, 2.24) is 4.98 Å². The van der Waals surface area contributed by atoms with Gasteiger partial charge in [0.1, 0.15) is 16.8 Å². The first-order valence-electron chi connectivity index (χ1n) is 6.95. The molecule has 6 heteroatoms. The number of ether oxygens (including phenoxy) is 1. The van der Waals surface area contributed by atoms with Crippen LogP contribution in [0.1, 0.15) is 28.5 Å². The van der Waals surface area contributed by atoms with Crippen LogP contribution >= 0.6 is 23.4 Å². The van der Waals surface area contributed by atoms with Crippen LogP contribution in [-0.4, -0.2) is 23.1 Å². The SMILES string of the molecule is CC(=O)c1cc(C#N)c(SCCOc2ccccc2Cl)nc1C. The molecule has 23 heavy (non-hydrogen) atoms. The summed E-state index contributed by atoms with van der Waals surface area (Å²) in [6.45, 7) is 3.67. The molecule has 0 aliphatic heterocycles. The summed E-state index contributed by atoms with van der Waals surface area (Å²) >= 11 is 7.43. The van der Waals surface area contributed by atoms with Gasteiger partial charge in [-0.15, -0.1) is 11.8 Å². The van der Waals surface area contributed by atoms with Crippen molar-refractivity contribution in [3.05, 3.63) is 52.2 Å². The van der Waals surface area contributed by atoms with Gasteiger partial charge in [0.2, 0.25) is 0 Å². The average Bonchev–Trinajstić information content (AvgIpc) is 2.53. The number of hydrogen-bond acceptors (Lipinski definition) is 5. The minimum atomic E-state index is -0.0925. The minimum absolute atomic E-state index is 0.0925. The van der Waals surface area contributed by atoms with E-state index in [1.807, 2.05) is 12.1 Å². The average molecular weight is 347 g/mol. The van der Waals surface area contributed by atoms with E-state index < -0.39 is 0 Å². The summed E-state index contributed by atoms with van der Waals surface area (Å²) in [6, 6.07) is 11.0. The molecule has 1 heterocycles. The van der Waals surface area contributed by atoms with Crippen molar-refractivity contribution in [2.45, 2.75) is 18.9 Å². The Kier molecular flexibility index (Phi) is 6.03. The Bertz CT molecular complexity index is 772. The number of aromatic nitrogens is 1. The van der Waals surface area contributed by atoms with Gasteiger partial charge in [0.25, 0.3) is 0 Å². The Morgan fingerprint density at radius 2 is 2.17 bits per heavy atom. The van der Waals surface area contributed by atoms with Crippen molar-refractivity contribution in [3.8, 4) is 11.8 Å². The summed E-state index contributed by atoms with van der Waals surface area (Å²) in [5.74, 6) is 1.16. The largest absolute Gasteiger partial charge is 0.491 e. The molecule has 0 aliphatic rings. The first-order valence-corrected chi connectivity index (χ1v) is 8.32. The second-order valence-electron chi connectivity index (χ2n) is 4.77. The molecular weight excluding hydrogens is 332 g/mol. The Morgan fingerprint density at radius 3 is 2.83 bits per heavy atom. The lowest BCUT2D eigenvalue weighted by Crippen LogP contribution is -2.04. The van der Waals surface area contributed by atoms with Gasteiger partial charge in [-0.1, -0.05) is 23.7 Å². The number of rotatable bonds is 6. The highest BCUT2D eigenvalue weighted by atomic mass is 35.5. The van der Waals surface area contributed by atoms with Gasteiger partial charge in [0, 0.05) is 17.0 Å². The van der Waals surface area contributed by atoms with Crippen LogP contribution in [-0.2, 0) is 0 Å². The first-order chi connectivity index (χ1) is 11.0. The maximum atomic E-state index is 11.5. The van der Waals surface area contributed by atoms with Gasteiger partial charge in [-0.2, -0.15) is 5.26 Å². The van der Waals surface area contributed by atoms with E-state index in [0.29, 0.717) is 45.0 Å². The molecule has 0 bridgehead atoms. The van der Waals surface area contributed by atoms with Crippen LogP contribution in [0.15, 0.2) is 35.4 Å². The van der Waals surface area contributed by atoms with Crippen LogP contribution in [0.25, 0.3) is 0 Å². The number of para-hydroxylation sites is 1. The number of thioether (sulfide) groups is 1. The van der Waals surface area contributed by atoms with E-state index in [0.717, 1.165) is 0 Å². The quantitative estimate of drug-likeness (QED) is 0.443. The summed E-state index contributed by atoms with van der Waals surface area (Å²) in [6.07, 6.45) is 0. The molecule has 0 saturated carbocycles. The topological polar surface area (TPSA) is 63.0 Å². The molecule has 1 aromatic heterocycles. The Hall–Kier alpha value is -2.03. The van der Waals surface area contributed by atoms with Gasteiger partial charge >= 0.3 is 0 Å². The van der Waals surface area contributed by atoms with E-state index in [-0.39, 0.29) is 5.78 Å². The zero-order valence-corrected chi connectivity index (χ0v) is 14.4. The number of benzene rings is 1. The number of ketones is 1. The number of aryl methyl sites for hydroxylation is 1. The number of halogens is 1. The molecule has 2 rings (SSSR count). The molecule has 0 spiro atoms. The minimum Gasteiger partial charge on any atom is -0.491 e. The molecule has 0 aliphatic carbocycles. The molecule has 1 aromatic carbocycles. The van der Waals surface area contributed by atoms with E-state index in [1.54, 1.807) is 25.1 Å². The Balaban J connectivity index is 2.01. The normalized spacial score (nSPS) is 10.2. The number of nitrogens with zero attached hydrogens (tertiary/aromatic N) is 2. The summed E-state index contributed by atoms with van der Waals surface area (Å²) in [5, 5.41) is 10.4. The monoisotopic (exact) mass is 346 g/mol. The fraction of sp³-hybridized carbons (Fsp3) is 0.235. The number of hydrogen-bond donors (Lipinski definition) is 0. The highest BCUT2D eigenvalue weighted by Crippen LogP contribution is 2.25. The molecule has 0 unspecified atom stereocenters. The van der Waals surface area contributed by atoms with E-state index in [4.69, 9.17) is 16.3 Å². The van der Waals surface area contributed by atoms with Crippen LogP contribution in [0.2, 0.25) is 5.02 Å². The highest BCUT2D eigenvalue weighted by Gasteiger charge is 2.12. The molecule has 0 atom stereocenters. The zero-order chi connectivity index (χ0) is 16.8. The van der Waals surface area contributed by atoms with Crippen LogP contribution in [0.4, 0.5) is 0 Å². The molecule has 0 fully saturated rings. The smallest absolute Gasteiger partial charge is 0.161 e. The van der Waals surface area contributed by atoms with Crippen molar-refractivity contribution in [1.29, 1.82) is 5.26 Å². The van der Waals surface area contributed by atoms with Crippen LogP contribution in [0, 0.1) is 18.3 Å². The standard InChI is InChI=1S/C17H15ClN2O2S/c1-11-14(12(2)21)9-13(10-19)17(20-11)23-8-7-22-16-6-4-3-5-15(16)18/h3-6,9H,7-8H2,1-2H3. The summed E-state index contributed by atoms with van der Waals surface area (Å²) in [5.41, 5.74) is 1.52. The van der Waals surface area contributed by atoms with Crippen molar-refractivity contribution >= 4 is 29.1 Å². The molecule has 4 nitrogen and oxygen atoms in total. The summed E-state index contributed by atoms with van der Waals surface area (Å²) < 4.78 is 5.61. The second kappa shape index (κ2) is 8.00. The third kappa shape index (κ3) is 4.47. The van der Waals surface area contributed by atoms with E-state index >= 15 is 0 Å². The molecule has 0 amide bonds. The van der Waals surface area contributed by atoms with Gasteiger partial charge in [0.15, 0.2) is 5.78 Å². The van der Waals surface area contributed by atoms with Gasteiger partial charge in [0.05, 0.1) is 17.2 Å². The highest BCUT2D eigenvalue weighted by molar-refractivity contribution is 7.99. The molecule has 0 saturated heterocycles. The zero-order valence-electron chi connectivity index (χ0n) is 12.8. The van der Waals surface area contributed by atoms with Crippen LogP contribution < -0.4 is 4.74 Å². The first kappa shape index (κ1) is 17.3. The molecule has 0 N–H and O–H groups in total. The third-order valence-electron chi connectivity index (χ3n) is 3.09. The third-order valence-corrected chi connectivity index (χ3v) is 4.36. The lowest BCUT2D eigenvalue weighted by Gasteiger charge is -2.09. The molecular formula is C17H15ClN2O2S. The Labute approximate surface area is 144 Å². The summed E-state index contributed by atoms with van der Waals surface area (Å²) in [7, 11) is 0. The lowest BCUT2D eigenvalue weighted by atomic mass is 10.1. The van der Waals surface area contributed by atoms with Crippen molar-refractivity contribution in [2.24, 2.45) is 0 Å². The van der Waals surface area contributed by atoms with E-state index in [9.17, 15) is 10.1 Å². The molecule has 118 valence electrons. The number of Topliss-reactive ketones (excluding diaryl/α,β-unsaturated/α-hetero) is 1. The van der Waals surface area contributed by atoms with Gasteiger partial charge < -0.3 is 4.74 Å². The van der Waals surface area contributed by atoms with Crippen molar-refractivity contribution in [2.75, 3.05) is 12.4 Å². The van der Waals surface area contributed by atoms with Gasteiger partial charge in [-0.3, -0.25) is 4.79 Å². The predicted octanol–water partition coefficient (Wildman–Crippen LogP) is 4.29. The maximum absolute atomic E-state index is 11.5. The van der Waals surface area contributed by atoms with E-state index in [2.05, 4.69) is 11.1 Å².